The van der Waals surface area contributed by atoms with Crippen molar-refractivity contribution in [2.24, 2.45) is 5.11 Å². The lowest BCUT2D eigenvalue weighted by Crippen LogP contribution is -2.60. The Labute approximate surface area is 184 Å². The summed E-state index contributed by atoms with van der Waals surface area (Å²) >= 11 is 0. The highest BCUT2D eigenvalue weighted by atomic mass is 16.7. The third kappa shape index (κ3) is 5.82. The van der Waals surface area contributed by atoms with Gasteiger partial charge >= 0.3 is 5.97 Å². The molecule has 0 spiro atoms. The van der Waals surface area contributed by atoms with Gasteiger partial charge in [0.05, 0.1) is 19.6 Å². The zero-order valence-corrected chi connectivity index (χ0v) is 17.5. The van der Waals surface area contributed by atoms with Crippen LogP contribution in [0.15, 0.2) is 47.6 Å². The van der Waals surface area contributed by atoms with Crippen LogP contribution in [0, 0.1) is 0 Å². The lowest BCUT2D eigenvalue weighted by Gasteiger charge is -2.42. The zero-order chi connectivity index (χ0) is 23.1. The van der Waals surface area contributed by atoms with Crippen LogP contribution in [0.4, 0.5) is 0 Å². The van der Waals surface area contributed by atoms with Crippen LogP contribution in [0.3, 0.4) is 0 Å². The molecular formula is C22H25N3O7. The molecule has 32 heavy (non-hydrogen) atoms. The van der Waals surface area contributed by atoms with E-state index in [0.29, 0.717) is 0 Å². The second-order valence-corrected chi connectivity index (χ2v) is 7.56. The largest absolute Gasteiger partial charge is 0.457 e. The number of aliphatic hydroxyl groups is 2. The number of carbonyl (C=O) groups excluding carboxylic acids is 2. The van der Waals surface area contributed by atoms with Crippen molar-refractivity contribution in [2.75, 3.05) is 6.61 Å². The third-order valence-corrected chi connectivity index (χ3v) is 5.20. The molecule has 10 nitrogen and oxygen atoms in total. The lowest BCUT2D eigenvalue weighted by atomic mass is 9.96. The number of rotatable bonds is 9. The van der Waals surface area contributed by atoms with Crippen LogP contribution in [0.2, 0.25) is 0 Å². The molecule has 2 N–H and O–H groups in total. The Hall–Kier alpha value is -3.01. The fraction of sp³-hybridized carbons (Fsp3) is 0.455. The summed E-state index contributed by atoms with van der Waals surface area (Å²) in [6.07, 6.45) is -5.05. The van der Waals surface area contributed by atoms with Gasteiger partial charge in [0.25, 0.3) is 0 Å². The van der Waals surface area contributed by atoms with E-state index in [-0.39, 0.29) is 25.2 Å². The number of azide groups is 1. The van der Waals surface area contributed by atoms with Crippen molar-refractivity contribution in [1.29, 1.82) is 0 Å². The molecule has 1 saturated heterocycles. The summed E-state index contributed by atoms with van der Waals surface area (Å²) in [6.45, 7) is 0.858. The molecule has 1 aliphatic heterocycles. The summed E-state index contributed by atoms with van der Waals surface area (Å²) < 4.78 is 16.7. The predicted molar refractivity (Wildman–Crippen MR) is 113 cm³/mol. The Kier molecular flexibility index (Phi) is 8.15. The van der Waals surface area contributed by atoms with Gasteiger partial charge in [0, 0.05) is 11.3 Å². The van der Waals surface area contributed by atoms with Gasteiger partial charge in [-0.2, -0.15) is 0 Å². The minimum absolute atomic E-state index is 0.00121. The van der Waals surface area contributed by atoms with Crippen LogP contribution < -0.4 is 0 Å². The molecule has 1 heterocycles. The predicted octanol–water partition coefficient (Wildman–Crippen LogP) is 2.39. The summed E-state index contributed by atoms with van der Waals surface area (Å²) in [6, 6.07) is 12.3. The quantitative estimate of drug-likeness (QED) is 0.261. The van der Waals surface area contributed by atoms with E-state index in [1.807, 2.05) is 42.5 Å². The fourth-order valence-electron chi connectivity index (χ4n) is 3.58. The number of fused-ring (bicyclic) bond motifs is 1. The first kappa shape index (κ1) is 23.6. The number of carbonyl (C=O) groups is 2. The van der Waals surface area contributed by atoms with E-state index in [0.717, 1.165) is 16.3 Å². The van der Waals surface area contributed by atoms with Crippen LogP contribution >= 0.6 is 0 Å². The van der Waals surface area contributed by atoms with E-state index in [1.54, 1.807) is 0 Å². The molecule has 10 heteroatoms. The first-order valence-electron chi connectivity index (χ1n) is 10.2. The zero-order valence-electron chi connectivity index (χ0n) is 17.5. The van der Waals surface area contributed by atoms with Crippen molar-refractivity contribution in [2.45, 2.75) is 57.0 Å². The van der Waals surface area contributed by atoms with Crippen LogP contribution in [0.1, 0.15) is 25.3 Å². The summed E-state index contributed by atoms with van der Waals surface area (Å²) in [5.74, 6) is -0.866. The van der Waals surface area contributed by atoms with Gasteiger partial charge in [0.1, 0.15) is 24.0 Å². The number of esters is 1. The maximum absolute atomic E-state index is 12.3. The van der Waals surface area contributed by atoms with Crippen molar-refractivity contribution in [3.8, 4) is 0 Å². The molecule has 3 rings (SSSR count). The number of hydrogen-bond donors (Lipinski definition) is 2. The monoisotopic (exact) mass is 443 g/mol. The van der Waals surface area contributed by atoms with Crippen LogP contribution in [-0.2, 0) is 30.4 Å². The summed E-state index contributed by atoms with van der Waals surface area (Å²) in [5.41, 5.74) is 9.75. The van der Waals surface area contributed by atoms with E-state index in [2.05, 4.69) is 10.0 Å². The highest BCUT2D eigenvalue weighted by Crippen LogP contribution is 2.29. The number of nitrogens with zero attached hydrogens (tertiary/aromatic N) is 3. The maximum atomic E-state index is 12.3. The van der Waals surface area contributed by atoms with Gasteiger partial charge in [-0.3, -0.25) is 4.79 Å². The fourth-order valence-corrected chi connectivity index (χ4v) is 3.58. The molecule has 1 fully saturated rings. The first-order chi connectivity index (χ1) is 15.4. The average molecular weight is 443 g/mol. The van der Waals surface area contributed by atoms with Crippen LogP contribution in [0.25, 0.3) is 21.2 Å². The Balaban J connectivity index is 1.82. The minimum atomic E-state index is -1.56. The van der Waals surface area contributed by atoms with Crippen LogP contribution in [-0.4, -0.2) is 59.2 Å². The first-order valence-corrected chi connectivity index (χ1v) is 10.2. The Bertz CT molecular complexity index is 1010. The number of Topliss-reactive ketones (excluding diaryl/α,β-unsaturated/α-hetero) is 1. The molecule has 0 amide bonds. The Morgan fingerprint density at radius 2 is 1.91 bits per heavy atom. The van der Waals surface area contributed by atoms with Crippen molar-refractivity contribution >= 4 is 22.5 Å². The molecule has 0 aromatic heterocycles. The summed E-state index contributed by atoms with van der Waals surface area (Å²) in [5, 5.41) is 25.6. The molecule has 170 valence electrons. The normalized spacial score (nSPS) is 25.2. The van der Waals surface area contributed by atoms with Gasteiger partial charge in [-0.15, -0.1) is 0 Å². The van der Waals surface area contributed by atoms with Gasteiger partial charge < -0.3 is 29.2 Å². The van der Waals surface area contributed by atoms with Crippen LogP contribution in [0.5, 0.6) is 0 Å². The van der Waals surface area contributed by atoms with Crippen molar-refractivity contribution in [1.82, 2.24) is 0 Å². The van der Waals surface area contributed by atoms with E-state index in [9.17, 15) is 19.8 Å². The number of ether oxygens (including phenoxy) is 3. The lowest BCUT2D eigenvalue weighted by molar-refractivity contribution is -0.264. The van der Waals surface area contributed by atoms with Crippen molar-refractivity contribution in [3.63, 3.8) is 0 Å². The van der Waals surface area contributed by atoms with Crippen molar-refractivity contribution < 1.29 is 34.0 Å². The highest BCUT2D eigenvalue weighted by molar-refractivity contribution is 5.83. The van der Waals surface area contributed by atoms with E-state index < -0.39 is 43.2 Å². The van der Waals surface area contributed by atoms with Gasteiger partial charge in [-0.1, -0.05) is 41.5 Å². The number of hydrogen-bond acceptors (Lipinski definition) is 8. The molecule has 2 aromatic rings. The number of aliphatic hydroxyl groups excluding tert-OH is 2. The number of ketones is 1. The molecule has 1 unspecified atom stereocenters. The molecule has 0 saturated carbocycles. The van der Waals surface area contributed by atoms with E-state index in [4.69, 9.17) is 19.7 Å². The molecule has 5 atom stereocenters. The molecule has 0 aliphatic carbocycles. The average Bonchev–Trinajstić information content (AvgIpc) is 2.79. The molecule has 2 aromatic carbocycles. The smallest absolute Gasteiger partial charge is 0.306 e. The Morgan fingerprint density at radius 3 is 2.59 bits per heavy atom. The van der Waals surface area contributed by atoms with E-state index in [1.165, 1.54) is 6.92 Å². The van der Waals surface area contributed by atoms with Gasteiger partial charge in [-0.25, -0.2) is 0 Å². The van der Waals surface area contributed by atoms with Gasteiger partial charge in [0.2, 0.25) is 0 Å². The maximum Gasteiger partial charge on any atom is 0.306 e. The highest BCUT2D eigenvalue weighted by Gasteiger charge is 2.48. The molecule has 0 bridgehead atoms. The summed E-state index contributed by atoms with van der Waals surface area (Å²) in [4.78, 5) is 26.2. The molecule has 1 aliphatic rings. The van der Waals surface area contributed by atoms with Crippen molar-refractivity contribution in [3.05, 3.63) is 58.5 Å². The SMILES string of the molecule is CC(=O)CCC(=O)O[C@H]1[C@@H](OCc2ccc3ccccc3c2)[C@H](N=[N+]=[N-])C(O)O[C@H]1CO. The topological polar surface area (TPSA) is 151 Å². The second-order valence-electron chi connectivity index (χ2n) is 7.56. The Morgan fingerprint density at radius 1 is 1.16 bits per heavy atom. The number of benzene rings is 2. The van der Waals surface area contributed by atoms with E-state index >= 15 is 0 Å². The minimum Gasteiger partial charge on any atom is -0.457 e. The second kappa shape index (κ2) is 11.0. The van der Waals surface area contributed by atoms with Gasteiger partial charge in [0.15, 0.2) is 12.4 Å². The van der Waals surface area contributed by atoms with Gasteiger partial charge in [-0.05, 0) is 34.9 Å². The summed E-state index contributed by atoms with van der Waals surface area (Å²) in [7, 11) is 0. The standard InChI is InChI=1S/C22H25N3O7/c1-13(27)6-9-18(28)32-20-17(11-26)31-22(29)19(24-25-23)21(20)30-12-14-7-8-15-4-2-3-5-16(15)10-14/h2-5,7-8,10,17,19-22,26,29H,6,9,11-12H2,1H3/t17-,19-,20+,21-,22?/m0/s1. The molecular weight excluding hydrogens is 418 g/mol. The molecule has 0 radical (unpaired) electrons. The third-order valence-electron chi connectivity index (χ3n) is 5.20.